The molecule has 0 unspecified atom stereocenters. The summed E-state index contributed by atoms with van der Waals surface area (Å²) in [5.41, 5.74) is 0.831. The summed E-state index contributed by atoms with van der Waals surface area (Å²) in [6.45, 7) is 0.102. The summed E-state index contributed by atoms with van der Waals surface area (Å²) in [4.78, 5) is 10.8. The molecule has 0 aliphatic heterocycles. The number of para-hydroxylation sites is 1. The van der Waals surface area contributed by atoms with Crippen LogP contribution in [0.2, 0.25) is 5.02 Å². The predicted molar refractivity (Wildman–Crippen MR) is 108 cm³/mol. The Morgan fingerprint density at radius 3 is 2.61 bits per heavy atom. The van der Waals surface area contributed by atoms with Gasteiger partial charge < -0.3 is 10.4 Å². The molecular formula is C18H15BrClN3O4S. The number of halogens is 2. The molecule has 0 saturated heterocycles. The molecule has 0 bridgehead atoms. The third-order valence-corrected chi connectivity index (χ3v) is 6.38. The van der Waals surface area contributed by atoms with Gasteiger partial charge in [0.25, 0.3) is 0 Å². The zero-order valence-corrected chi connectivity index (χ0v) is 17.5. The van der Waals surface area contributed by atoms with Crippen molar-refractivity contribution < 1.29 is 18.3 Å². The fraction of sp³-hybridized carbons (Fsp3) is 0.111. The zero-order chi connectivity index (χ0) is 20.3. The molecule has 1 aromatic heterocycles. The molecule has 28 heavy (non-hydrogen) atoms. The van der Waals surface area contributed by atoms with Crippen molar-refractivity contribution in [2.24, 2.45) is 0 Å². The van der Waals surface area contributed by atoms with Gasteiger partial charge in [-0.1, -0.05) is 45.7 Å². The van der Waals surface area contributed by atoms with Crippen LogP contribution in [0.5, 0.6) is 0 Å². The lowest BCUT2D eigenvalue weighted by atomic mass is 10.3. The van der Waals surface area contributed by atoms with E-state index in [1.165, 1.54) is 22.9 Å². The smallest absolute Gasteiger partial charge is 0.404 e. The third kappa shape index (κ3) is 4.37. The van der Waals surface area contributed by atoms with Crippen molar-refractivity contribution in [3.63, 3.8) is 0 Å². The van der Waals surface area contributed by atoms with E-state index in [0.29, 0.717) is 20.9 Å². The van der Waals surface area contributed by atoms with Crippen LogP contribution in [-0.2, 0) is 16.3 Å². The molecular weight excluding hydrogens is 470 g/mol. The summed E-state index contributed by atoms with van der Waals surface area (Å²) >= 11 is 9.54. The van der Waals surface area contributed by atoms with Crippen LogP contribution < -0.4 is 5.32 Å². The van der Waals surface area contributed by atoms with Crippen LogP contribution in [0.25, 0.3) is 5.69 Å². The van der Waals surface area contributed by atoms with Crippen LogP contribution in [0.15, 0.2) is 69.0 Å². The first kappa shape index (κ1) is 20.4. The summed E-state index contributed by atoms with van der Waals surface area (Å²) < 4.78 is 28.4. The van der Waals surface area contributed by atoms with Gasteiger partial charge in [0.2, 0.25) is 9.84 Å². The second-order valence-electron chi connectivity index (χ2n) is 5.78. The molecule has 3 rings (SSSR count). The van der Waals surface area contributed by atoms with Gasteiger partial charge in [-0.3, -0.25) is 0 Å². The standard InChI is InChI=1S/C18H15BrClN3O4S/c19-12-4-3-5-14(10-12)28(26,27)17-11-13(8-9-21-18(24)25)22-23(17)16-7-2-1-6-15(16)20/h1-7,10-11,21H,8-9H2,(H,24,25). The summed E-state index contributed by atoms with van der Waals surface area (Å²) in [5.74, 6) is 0. The molecule has 0 saturated carbocycles. The van der Waals surface area contributed by atoms with Gasteiger partial charge in [-0.2, -0.15) is 5.10 Å². The van der Waals surface area contributed by atoms with E-state index >= 15 is 0 Å². The van der Waals surface area contributed by atoms with E-state index in [9.17, 15) is 13.2 Å². The fourth-order valence-electron chi connectivity index (χ4n) is 2.57. The maximum Gasteiger partial charge on any atom is 0.404 e. The first-order valence-corrected chi connectivity index (χ1v) is 10.8. The van der Waals surface area contributed by atoms with Gasteiger partial charge >= 0.3 is 6.09 Å². The number of carbonyl (C=O) groups is 1. The minimum absolute atomic E-state index is 0.0518. The summed E-state index contributed by atoms with van der Waals surface area (Å²) in [6, 6.07) is 14.6. The lowest BCUT2D eigenvalue weighted by molar-refractivity contribution is 0.194. The molecule has 2 aromatic carbocycles. The van der Waals surface area contributed by atoms with Crippen molar-refractivity contribution in [2.45, 2.75) is 16.3 Å². The number of hydrogen-bond acceptors (Lipinski definition) is 4. The van der Waals surface area contributed by atoms with E-state index in [4.69, 9.17) is 16.7 Å². The van der Waals surface area contributed by atoms with Crippen LogP contribution in [0, 0.1) is 0 Å². The normalized spacial score (nSPS) is 11.4. The molecule has 10 heteroatoms. The second-order valence-corrected chi connectivity index (χ2v) is 9.00. The average molecular weight is 485 g/mol. The number of nitrogens with zero attached hydrogens (tertiary/aromatic N) is 2. The van der Waals surface area contributed by atoms with Crippen molar-refractivity contribution in [1.82, 2.24) is 15.1 Å². The highest BCUT2D eigenvalue weighted by molar-refractivity contribution is 9.10. The maximum atomic E-state index is 13.3. The number of nitrogens with one attached hydrogen (secondary N) is 1. The van der Waals surface area contributed by atoms with Crippen molar-refractivity contribution >= 4 is 43.5 Å². The number of carboxylic acid groups (broad SMARTS) is 1. The monoisotopic (exact) mass is 483 g/mol. The van der Waals surface area contributed by atoms with Gasteiger partial charge in [0, 0.05) is 17.4 Å². The lowest BCUT2D eigenvalue weighted by Gasteiger charge is -2.10. The molecule has 3 aromatic rings. The van der Waals surface area contributed by atoms with E-state index in [1.54, 1.807) is 36.4 Å². The molecule has 1 heterocycles. The first-order valence-electron chi connectivity index (χ1n) is 8.10. The van der Waals surface area contributed by atoms with E-state index in [-0.39, 0.29) is 22.9 Å². The van der Waals surface area contributed by atoms with E-state index in [2.05, 4.69) is 26.3 Å². The molecule has 1 amide bonds. The highest BCUT2D eigenvalue weighted by Crippen LogP contribution is 2.29. The van der Waals surface area contributed by atoms with Crippen LogP contribution in [-0.4, -0.2) is 35.9 Å². The lowest BCUT2D eigenvalue weighted by Crippen LogP contribution is -2.23. The number of benzene rings is 2. The van der Waals surface area contributed by atoms with Crippen molar-refractivity contribution in [3.05, 3.63) is 69.8 Å². The number of amides is 1. The van der Waals surface area contributed by atoms with Crippen LogP contribution in [0.4, 0.5) is 4.79 Å². The summed E-state index contributed by atoms with van der Waals surface area (Å²) in [6.07, 6.45) is -0.933. The fourth-order valence-corrected chi connectivity index (χ4v) is 4.78. The highest BCUT2D eigenvalue weighted by atomic mass is 79.9. The van der Waals surface area contributed by atoms with Gasteiger partial charge in [-0.25, -0.2) is 17.9 Å². The molecule has 0 radical (unpaired) electrons. The molecule has 0 atom stereocenters. The van der Waals surface area contributed by atoms with Gasteiger partial charge in [-0.15, -0.1) is 0 Å². The summed E-state index contributed by atoms with van der Waals surface area (Å²) in [5, 5.41) is 15.6. The Bertz CT molecular complexity index is 1130. The SMILES string of the molecule is O=C(O)NCCc1cc(S(=O)(=O)c2cccc(Br)c2)n(-c2ccccc2Cl)n1. The topological polar surface area (TPSA) is 101 Å². The maximum absolute atomic E-state index is 13.3. The molecule has 2 N–H and O–H groups in total. The highest BCUT2D eigenvalue weighted by Gasteiger charge is 2.26. The minimum atomic E-state index is -3.90. The Morgan fingerprint density at radius 1 is 1.18 bits per heavy atom. The Hall–Kier alpha value is -2.36. The van der Waals surface area contributed by atoms with E-state index in [0.717, 1.165) is 0 Å². The Labute approximate surface area is 175 Å². The number of rotatable bonds is 6. The number of aromatic nitrogens is 2. The Balaban J connectivity index is 2.11. The molecule has 0 aliphatic carbocycles. The first-order chi connectivity index (χ1) is 13.3. The van der Waals surface area contributed by atoms with Gasteiger partial charge in [0.05, 0.1) is 21.3 Å². The van der Waals surface area contributed by atoms with Gasteiger partial charge in [0.15, 0.2) is 5.03 Å². The van der Waals surface area contributed by atoms with Gasteiger partial charge in [0.1, 0.15) is 0 Å². The molecule has 146 valence electrons. The van der Waals surface area contributed by atoms with Crippen molar-refractivity contribution in [2.75, 3.05) is 6.54 Å². The van der Waals surface area contributed by atoms with Crippen molar-refractivity contribution in [1.29, 1.82) is 0 Å². The van der Waals surface area contributed by atoms with Gasteiger partial charge in [-0.05, 0) is 36.4 Å². The van der Waals surface area contributed by atoms with Crippen molar-refractivity contribution in [3.8, 4) is 5.69 Å². The van der Waals surface area contributed by atoms with E-state index in [1.807, 2.05) is 0 Å². The quantitative estimate of drug-likeness (QED) is 0.552. The molecule has 0 spiro atoms. The van der Waals surface area contributed by atoms with Crippen LogP contribution in [0.3, 0.4) is 0 Å². The molecule has 0 fully saturated rings. The third-order valence-electron chi connectivity index (χ3n) is 3.85. The van der Waals surface area contributed by atoms with Crippen LogP contribution >= 0.6 is 27.5 Å². The average Bonchev–Trinajstić information content (AvgIpc) is 3.06. The molecule has 7 nitrogen and oxygen atoms in total. The second kappa shape index (κ2) is 8.34. The largest absolute Gasteiger partial charge is 0.465 e. The number of hydrogen-bond donors (Lipinski definition) is 2. The Morgan fingerprint density at radius 2 is 1.93 bits per heavy atom. The summed E-state index contributed by atoms with van der Waals surface area (Å²) in [7, 11) is -3.90. The Kier molecular flexibility index (Phi) is 6.07. The minimum Gasteiger partial charge on any atom is -0.465 e. The molecule has 0 aliphatic rings. The van der Waals surface area contributed by atoms with Crippen LogP contribution in [0.1, 0.15) is 5.69 Å². The van der Waals surface area contributed by atoms with E-state index < -0.39 is 15.9 Å². The number of sulfone groups is 1. The zero-order valence-electron chi connectivity index (χ0n) is 14.3. The predicted octanol–water partition coefficient (Wildman–Crippen LogP) is 3.93.